The van der Waals surface area contributed by atoms with E-state index in [2.05, 4.69) is 11.1 Å². The summed E-state index contributed by atoms with van der Waals surface area (Å²) in [5, 5.41) is 10.6. The van der Waals surface area contributed by atoms with Crippen LogP contribution in [0.15, 0.2) is 58.9 Å². The highest BCUT2D eigenvalue weighted by Crippen LogP contribution is 2.51. The van der Waals surface area contributed by atoms with Crippen molar-refractivity contribution in [2.75, 3.05) is 13.7 Å². The van der Waals surface area contributed by atoms with Gasteiger partial charge in [0.2, 0.25) is 5.88 Å². The number of ether oxygens (including phenoxy) is 3. The average Bonchev–Trinajstić information content (AvgIpc) is 3.12. The lowest BCUT2D eigenvalue weighted by atomic mass is 9.88. The van der Waals surface area contributed by atoms with E-state index in [1.807, 2.05) is 31.2 Å². The number of hydrogen-bond acceptors (Lipinski definition) is 6. The molecule has 0 bridgehead atoms. The number of aliphatic imine (C=N–C) groups is 1. The molecule has 3 aromatic rings. The number of hydrogen-bond donors (Lipinski definition) is 0. The number of methoxy groups -OCH3 is 1. The van der Waals surface area contributed by atoms with Crippen molar-refractivity contribution in [2.24, 2.45) is 4.99 Å². The van der Waals surface area contributed by atoms with Gasteiger partial charge in [-0.3, -0.25) is 0 Å². The molecule has 146 valence electrons. The molecule has 0 fully saturated rings. The highest BCUT2D eigenvalue weighted by atomic mass is 32.1. The Hall–Kier alpha value is -3.37. The molecule has 0 spiro atoms. The van der Waals surface area contributed by atoms with Crippen LogP contribution in [0.1, 0.15) is 23.3 Å². The van der Waals surface area contributed by atoms with Gasteiger partial charge in [-0.25, -0.2) is 4.39 Å². The summed E-state index contributed by atoms with van der Waals surface area (Å²) in [6.45, 7) is 2.28. The molecule has 0 saturated carbocycles. The molecule has 1 aliphatic rings. The molecule has 0 radical (unpaired) electrons. The van der Waals surface area contributed by atoms with Gasteiger partial charge in [-0.2, -0.15) is 10.3 Å². The first-order valence-electron chi connectivity index (χ1n) is 8.99. The van der Waals surface area contributed by atoms with Crippen LogP contribution in [0.4, 0.5) is 4.39 Å². The second-order valence-corrected chi connectivity index (χ2v) is 7.29. The van der Waals surface area contributed by atoms with Gasteiger partial charge in [0.15, 0.2) is 12.2 Å². The maximum absolute atomic E-state index is 14.4. The summed E-state index contributed by atoms with van der Waals surface area (Å²) in [6.07, 6.45) is 1.26. The van der Waals surface area contributed by atoms with Crippen molar-refractivity contribution in [3.8, 4) is 17.6 Å². The minimum Gasteiger partial charge on any atom is -0.497 e. The molecule has 7 heteroatoms. The zero-order chi connectivity index (χ0) is 20.4. The first kappa shape index (κ1) is 19.0. The molecule has 1 atom stereocenters. The first-order chi connectivity index (χ1) is 14.2. The Kier molecular flexibility index (Phi) is 5.19. The van der Waals surface area contributed by atoms with E-state index >= 15 is 0 Å². The lowest BCUT2D eigenvalue weighted by molar-refractivity contribution is 0.336. The Labute approximate surface area is 171 Å². The fraction of sp³-hybridized carbons (Fsp3) is 0.182. The fourth-order valence-corrected chi connectivity index (χ4v) is 4.54. The largest absolute Gasteiger partial charge is 0.497 e. The van der Waals surface area contributed by atoms with Crippen molar-refractivity contribution in [1.82, 2.24) is 0 Å². The van der Waals surface area contributed by atoms with Gasteiger partial charge in [-0.15, -0.1) is 11.3 Å². The van der Waals surface area contributed by atoms with E-state index in [0.717, 1.165) is 10.4 Å². The van der Waals surface area contributed by atoms with E-state index in [0.29, 0.717) is 33.8 Å². The number of thiophene rings is 1. The second-order valence-electron chi connectivity index (χ2n) is 6.24. The van der Waals surface area contributed by atoms with Crippen LogP contribution in [0.3, 0.4) is 0 Å². The lowest BCUT2D eigenvalue weighted by Crippen LogP contribution is -2.14. The van der Waals surface area contributed by atoms with Gasteiger partial charge in [0.05, 0.1) is 29.2 Å². The molecule has 1 aliphatic heterocycles. The Morgan fingerprint density at radius 2 is 2.07 bits per heavy atom. The van der Waals surface area contributed by atoms with Crippen molar-refractivity contribution in [1.29, 1.82) is 5.26 Å². The third kappa shape index (κ3) is 3.32. The third-order valence-corrected chi connectivity index (χ3v) is 5.87. The van der Waals surface area contributed by atoms with Gasteiger partial charge in [0.1, 0.15) is 23.2 Å². The first-order valence-corrected chi connectivity index (χ1v) is 9.80. The third-order valence-electron chi connectivity index (χ3n) is 4.61. The van der Waals surface area contributed by atoms with E-state index in [4.69, 9.17) is 14.2 Å². The molecular weight excluding hydrogens is 391 g/mol. The predicted octanol–water partition coefficient (Wildman–Crippen LogP) is 5.37. The number of fused-ring (bicyclic) bond motifs is 3. The normalized spacial score (nSPS) is 15.9. The molecular formula is C22H17FN2O3S. The van der Waals surface area contributed by atoms with Crippen LogP contribution in [0.2, 0.25) is 0 Å². The Morgan fingerprint density at radius 1 is 1.28 bits per heavy atom. The van der Waals surface area contributed by atoms with Gasteiger partial charge in [-0.1, -0.05) is 18.2 Å². The van der Waals surface area contributed by atoms with Crippen molar-refractivity contribution < 1.29 is 18.6 Å². The summed E-state index contributed by atoms with van der Waals surface area (Å²) in [6, 6.07) is 14.5. The fourth-order valence-electron chi connectivity index (χ4n) is 3.26. The summed E-state index contributed by atoms with van der Waals surface area (Å²) >= 11 is 1.29. The highest BCUT2D eigenvalue weighted by molar-refractivity contribution is 7.19. The van der Waals surface area contributed by atoms with Crippen molar-refractivity contribution in [3.05, 3.63) is 70.2 Å². The molecule has 5 nitrogen and oxygen atoms in total. The quantitative estimate of drug-likeness (QED) is 0.420. The SMILES string of the molecule is CCO/C=N/C1=C(C#N)C(c2ccc(OC)cc2)c2sc3c(F)cccc3c2O1. The highest BCUT2D eigenvalue weighted by Gasteiger charge is 2.35. The van der Waals surface area contributed by atoms with Crippen LogP contribution in [-0.2, 0) is 4.74 Å². The van der Waals surface area contributed by atoms with Gasteiger partial charge in [0.25, 0.3) is 0 Å². The summed E-state index contributed by atoms with van der Waals surface area (Å²) in [4.78, 5) is 4.98. The number of halogens is 1. The molecule has 2 aromatic carbocycles. The van der Waals surface area contributed by atoms with Gasteiger partial charge in [0, 0.05) is 5.39 Å². The number of nitrogens with zero attached hydrogens (tertiary/aromatic N) is 2. The van der Waals surface area contributed by atoms with Crippen molar-refractivity contribution in [3.63, 3.8) is 0 Å². The molecule has 4 rings (SSSR count). The second kappa shape index (κ2) is 7.94. The average molecular weight is 408 g/mol. The Morgan fingerprint density at radius 3 is 2.76 bits per heavy atom. The van der Waals surface area contributed by atoms with Crippen molar-refractivity contribution in [2.45, 2.75) is 12.8 Å². The van der Waals surface area contributed by atoms with E-state index in [1.54, 1.807) is 19.2 Å². The lowest BCUT2D eigenvalue weighted by Gasteiger charge is -2.24. The van der Waals surface area contributed by atoms with Gasteiger partial charge in [-0.05, 0) is 36.8 Å². The number of benzene rings is 2. The summed E-state index contributed by atoms with van der Waals surface area (Å²) in [7, 11) is 1.59. The molecule has 29 heavy (non-hydrogen) atoms. The Bertz CT molecular complexity index is 1160. The van der Waals surface area contributed by atoms with Gasteiger partial charge >= 0.3 is 0 Å². The number of nitriles is 1. The zero-order valence-electron chi connectivity index (χ0n) is 15.8. The van der Waals surface area contributed by atoms with Gasteiger partial charge < -0.3 is 14.2 Å². The monoisotopic (exact) mass is 408 g/mol. The Balaban J connectivity index is 1.94. The molecule has 0 saturated heterocycles. The standard InChI is InChI=1S/C22H17FN2O3S/c1-3-27-12-25-22-16(11-24)18(13-7-9-14(26-2)10-8-13)21-19(28-22)15-5-4-6-17(23)20(15)29-21/h4-10,12,18H,3H2,1-2H3/b25-12+. The maximum Gasteiger partial charge on any atom is 0.236 e. The molecule has 0 amide bonds. The zero-order valence-corrected chi connectivity index (χ0v) is 16.6. The molecule has 0 N–H and O–H groups in total. The number of rotatable bonds is 5. The van der Waals surface area contributed by atoms with Crippen LogP contribution >= 0.6 is 11.3 Å². The van der Waals surface area contributed by atoms with E-state index in [9.17, 15) is 9.65 Å². The molecule has 1 unspecified atom stereocenters. The van der Waals surface area contributed by atoms with E-state index < -0.39 is 5.92 Å². The van der Waals surface area contributed by atoms with Crippen LogP contribution in [0.25, 0.3) is 10.1 Å². The smallest absolute Gasteiger partial charge is 0.236 e. The molecule has 2 heterocycles. The number of allylic oxidation sites excluding steroid dienone is 1. The van der Waals surface area contributed by atoms with E-state index in [1.165, 1.54) is 23.8 Å². The minimum absolute atomic E-state index is 0.151. The van der Waals surface area contributed by atoms with Crippen LogP contribution in [0, 0.1) is 17.1 Å². The molecule has 1 aromatic heterocycles. The predicted molar refractivity (Wildman–Crippen MR) is 110 cm³/mol. The maximum atomic E-state index is 14.4. The van der Waals surface area contributed by atoms with E-state index in [-0.39, 0.29) is 11.7 Å². The summed E-state index contributed by atoms with van der Waals surface area (Å²) < 4.78 is 31.3. The minimum atomic E-state index is -0.430. The van der Waals surface area contributed by atoms with Crippen LogP contribution in [0.5, 0.6) is 11.5 Å². The van der Waals surface area contributed by atoms with Crippen LogP contribution in [-0.4, -0.2) is 20.1 Å². The topological polar surface area (TPSA) is 63.8 Å². The summed E-state index contributed by atoms with van der Waals surface area (Å²) in [5.74, 6) is 0.629. The molecule has 0 aliphatic carbocycles. The van der Waals surface area contributed by atoms with Crippen molar-refractivity contribution >= 4 is 27.8 Å². The van der Waals surface area contributed by atoms with Crippen LogP contribution < -0.4 is 9.47 Å². The summed E-state index contributed by atoms with van der Waals surface area (Å²) in [5.41, 5.74) is 1.20.